The number of fused-ring (bicyclic) bond motifs is 1. The van der Waals surface area contributed by atoms with Crippen LogP contribution in [-0.4, -0.2) is 40.3 Å². The van der Waals surface area contributed by atoms with Crippen LogP contribution in [-0.2, 0) is 22.6 Å². The third-order valence-corrected chi connectivity index (χ3v) is 9.65. The molecule has 2 unspecified atom stereocenters. The number of pyridine rings is 1. The molecule has 2 saturated carbocycles. The number of imidazole rings is 1. The van der Waals surface area contributed by atoms with Gasteiger partial charge in [-0.1, -0.05) is 23.7 Å². The van der Waals surface area contributed by atoms with Gasteiger partial charge in [-0.2, -0.15) is 0 Å². The van der Waals surface area contributed by atoms with Crippen LogP contribution in [0.2, 0.25) is 5.02 Å². The van der Waals surface area contributed by atoms with Crippen LogP contribution in [0.1, 0.15) is 77.8 Å². The highest BCUT2D eigenvalue weighted by Gasteiger charge is 2.57. The predicted octanol–water partition coefficient (Wildman–Crippen LogP) is 7.21. The number of carbonyl (C=O) groups excluding carboxylic acids is 1. The van der Waals surface area contributed by atoms with E-state index in [0.717, 1.165) is 74.2 Å². The second kappa shape index (κ2) is 11.0. The van der Waals surface area contributed by atoms with Gasteiger partial charge in [0.2, 0.25) is 5.88 Å². The molecule has 0 bridgehead atoms. The number of halogens is 2. The maximum Gasteiger partial charge on any atom is 0.337 e. The molecule has 0 amide bonds. The number of methoxy groups -OCH3 is 1. The first-order chi connectivity index (χ1) is 20.4. The average Bonchev–Trinajstić information content (AvgIpc) is 3.55. The van der Waals surface area contributed by atoms with Crippen molar-refractivity contribution < 1.29 is 23.4 Å². The Labute approximate surface area is 249 Å². The van der Waals surface area contributed by atoms with Crippen molar-refractivity contribution in [3.05, 3.63) is 88.1 Å². The molecule has 3 fully saturated rings. The molecule has 42 heavy (non-hydrogen) atoms. The molecule has 2 aromatic carbocycles. The fraction of sp³-hybridized carbons (Fsp3) is 0.424. The Balaban J connectivity index is 1.05. The molecule has 1 saturated heterocycles. The van der Waals surface area contributed by atoms with E-state index < -0.39 is 0 Å². The van der Waals surface area contributed by atoms with Gasteiger partial charge >= 0.3 is 5.97 Å². The highest BCUT2D eigenvalue weighted by molar-refractivity contribution is 6.30. The lowest BCUT2D eigenvalue weighted by Gasteiger charge is -2.30. The normalized spacial score (nSPS) is 24.9. The minimum atomic E-state index is -0.382. The molecular formula is C33H33ClFN3O4. The van der Waals surface area contributed by atoms with Crippen LogP contribution in [0.3, 0.4) is 0 Å². The molecule has 1 aliphatic heterocycles. The van der Waals surface area contributed by atoms with E-state index >= 15 is 0 Å². The van der Waals surface area contributed by atoms with Crippen LogP contribution < -0.4 is 4.74 Å². The molecule has 2 aliphatic carbocycles. The molecule has 7 nitrogen and oxygen atoms in total. The SMILES string of the molecule is COC(=O)c1ccc2nc(C3CC34CCC(c3cccc(OCc5ccc(Cl)cc5F)n3)CC4)n(CC3CCO3)c2c1. The van der Waals surface area contributed by atoms with E-state index in [1.807, 2.05) is 24.3 Å². The van der Waals surface area contributed by atoms with Crippen LogP contribution >= 0.6 is 11.6 Å². The first-order valence-corrected chi connectivity index (χ1v) is 15.0. The Hall–Kier alpha value is -3.49. The minimum absolute atomic E-state index is 0.100. The number of carbonyl (C=O) groups is 1. The zero-order valence-electron chi connectivity index (χ0n) is 23.5. The molecule has 2 atom stereocenters. The topological polar surface area (TPSA) is 75.5 Å². The molecule has 7 rings (SSSR count). The van der Waals surface area contributed by atoms with Crippen molar-refractivity contribution in [1.82, 2.24) is 14.5 Å². The molecule has 2 aromatic heterocycles. The number of nitrogens with zero attached hydrogens (tertiary/aromatic N) is 3. The largest absolute Gasteiger partial charge is 0.473 e. The second-order valence-corrected chi connectivity index (χ2v) is 12.3. The van der Waals surface area contributed by atoms with Crippen molar-refractivity contribution in [2.45, 2.75) is 69.6 Å². The predicted molar refractivity (Wildman–Crippen MR) is 156 cm³/mol. The highest BCUT2D eigenvalue weighted by atomic mass is 35.5. The van der Waals surface area contributed by atoms with Crippen molar-refractivity contribution in [3.8, 4) is 5.88 Å². The number of benzene rings is 2. The van der Waals surface area contributed by atoms with Gasteiger partial charge < -0.3 is 18.8 Å². The standard InChI is InChI=1S/C33H33ClFN3O4/c1-40-32(39)21-6-8-28-29(15-21)38(18-24-11-14-41-24)31(37-28)25-17-33(25)12-9-20(10-13-33)27-3-2-4-30(36-27)42-19-22-5-7-23(34)16-26(22)35/h2-8,15-16,20,24-25H,9-14,17-19H2,1H3. The number of ether oxygens (including phenoxy) is 3. The van der Waals surface area contributed by atoms with Crippen LogP contribution in [0.4, 0.5) is 4.39 Å². The van der Waals surface area contributed by atoms with E-state index in [9.17, 15) is 9.18 Å². The number of hydrogen-bond acceptors (Lipinski definition) is 6. The van der Waals surface area contributed by atoms with Crippen molar-refractivity contribution >= 4 is 28.6 Å². The monoisotopic (exact) mass is 589 g/mol. The van der Waals surface area contributed by atoms with Crippen molar-refractivity contribution in [2.24, 2.45) is 5.41 Å². The van der Waals surface area contributed by atoms with E-state index in [1.165, 1.54) is 13.2 Å². The summed E-state index contributed by atoms with van der Waals surface area (Å²) in [6, 6.07) is 16.1. The van der Waals surface area contributed by atoms with Crippen molar-refractivity contribution in [3.63, 3.8) is 0 Å². The summed E-state index contributed by atoms with van der Waals surface area (Å²) in [5.41, 5.74) is 4.14. The number of rotatable bonds is 8. The summed E-state index contributed by atoms with van der Waals surface area (Å²) >= 11 is 5.87. The van der Waals surface area contributed by atoms with Gasteiger partial charge in [-0.3, -0.25) is 0 Å². The molecule has 0 N–H and O–H groups in total. The fourth-order valence-corrected chi connectivity index (χ4v) is 6.92. The molecule has 3 aliphatic rings. The van der Waals surface area contributed by atoms with Gasteiger partial charge in [0.1, 0.15) is 18.2 Å². The van der Waals surface area contributed by atoms with Crippen LogP contribution in [0.15, 0.2) is 54.6 Å². The summed E-state index contributed by atoms with van der Waals surface area (Å²) in [6.07, 6.45) is 6.68. The maximum absolute atomic E-state index is 14.2. The Kier molecular flexibility index (Phi) is 7.14. The third kappa shape index (κ3) is 5.15. The van der Waals surface area contributed by atoms with Gasteiger partial charge in [-0.25, -0.2) is 19.2 Å². The summed E-state index contributed by atoms with van der Waals surface area (Å²) in [4.78, 5) is 22.1. The molecule has 4 aromatic rings. The van der Waals surface area contributed by atoms with Crippen molar-refractivity contribution in [2.75, 3.05) is 13.7 Å². The zero-order chi connectivity index (χ0) is 28.8. The molecule has 3 heterocycles. The lowest BCUT2D eigenvalue weighted by Crippen LogP contribution is -2.32. The summed E-state index contributed by atoms with van der Waals surface area (Å²) < 4.78 is 33.1. The number of aromatic nitrogens is 3. The zero-order valence-corrected chi connectivity index (χ0v) is 24.3. The highest BCUT2D eigenvalue weighted by Crippen LogP contribution is 2.67. The lowest BCUT2D eigenvalue weighted by atomic mass is 9.77. The third-order valence-electron chi connectivity index (χ3n) is 9.42. The summed E-state index contributed by atoms with van der Waals surface area (Å²) in [5, 5.41) is 0.363. The van der Waals surface area contributed by atoms with Crippen LogP contribution in [0, 0.1) is 11.2 Å². The summed E-state index contributed by atoms with van der Waals surface area (Å²) in [6.45, 7) is 1.65. The Morgan fingerprint density at radius 2 is 1.95 bits per heavy atom. The molecule has 9 heteroatoms. The molecule has 218 valence electrons. The number of hydrogen-bond donors (Lipinski definition) is 0. The van der Waals surface area contributed by atoms with Gasteiger partial charge in [0.25, 0.3) is 0 Å². The van der Waals surface area contributed by atoms with Crippen LogP contribution in [0.5, 0.6) is 5.88 Å². The van der Waals surface area contributed by atoms with Gasteiger partial charge in [0, 0.05) is 40.8 Å². The van der Waals surface area contributed by atoms with E-state index in [2.05, 4.69) is 10.6 Å². The summed E-state index contributed by atoms with van der Waals surface area (Å²) in [5.74, 6) is 1.65. The number of esters is 1. The van der Waals surface area contributed by atoms with Gasteiger partial charge in [0.15, 0.2) is 0 Å². The van der Waals surface area contributed by atoms with E-state index in [1.54, 1.807) is 18.2 Å². The average molecular weight is 590 g/mol. The van der Waals surface area contributed by atoms with E-state index in [0.29, 0.717) is 33.9 Å². The van der Waals surface area contributed by atoms with Gasteiger partial charge in [-0.15, -0.1) is 0 Å². The fourth-order valence-electron chi connectivity index (χ4n) is 6.76. The van der Waals surface area contributed by atoms with Crippen LogP contribution in [0.25, 0.3) is 11.0 Å². The quantitative estimate of drug-likeness (QED) is 0.202. The Morgan fingerprint density at radius 1 is 1.12 bits per heavy atom. The van der Waals surface area contributed by atoms with E-state index in [4.69, 9.17) is 35.8 Å². The molecular weight excluding hydrogens is 557 g/mol. The van der Waals surface area contributed by atoms with Crippen molar-refractivity contribution in [1.29, 1.82) is 0 Å². The second-order valence-electron chi connectivity index (χ2n) is 11.9. The summed E-state index contributed by atoms with van der Waals surface area (Å²) in [7, 11) is 1.41. The minimum Gasteiger partial charge on any atom is -0.473 e. The Morgan fingerprint density at radius 3 is 2.69 bits per heavy atom. The molecule has 0 radical (unpaired) electrons. The first-order valence-electron chi connectivity index (χ1n) is 14.7. The van der Waals surface area contributed by atoms with Gasteiger partial charge in [-0.05, 0) is 80.3 Å². The first kappa shape index (κ1) is 27.3. The molecule has 1 spiro atoms. The maximum atomic E-state index is 14.2. The van der Waals surface area contributed by atoms with Gasteiger partial charge in [0.05, 0.1) is 36.4 Å². The smallest absolute Gasteiger partial charge is 0.337 e. The Bertz CT molecular complexity index is 1640. The van der Waals surface area contributed by atoms with E-state index in [-0.39, 0.29) is 29.9 Å². The lowest BCUT2D eigenvalue weighted by molar-refractivity contribution is -0.0590.